The molecule has 0 bridgehead atoms. The highest BCUT2D eigenvalue weighted by molar-refractivity contribution is 6.20. The molecule has 5 aromatic rings. The Morgan fingerprint density at radius 1 is 0.906 bits per heavy atom. The summed E-state index contributed by atoms with van der Waals surface area (Å²) < 4.78 is 3.17. The first-order chi connectivity index (χ1) is 15.5. The van der Waals surface area contributed by atoms with Crippen molar-refractivity contribution in [2.24, 2.45) is 7.05 Å². The summed E-state index contributed by atoms with van der Waals surface area (Å²) >= 11 is 0. The first-order valence-electron chi connectivity index (χ1n) is 10.4. The van der Waals surface area contributed by atoms with Crippen molar-refractivity contribution in [1.82, 2.24) is 14.3 Å². The highest BCUT2D eigenvalue weighted by atomic mass is 16.2. The Kier molecular flexibility index (Phi) is 4.63. The number of benzene rings is 3. The maximum atomic E-state index is 13.7. The minimum Gasteiger partial charge on any atom is -0.339 e. The Bertz CT molecular complexity index is 1530. The molecular formula is C26H22N4O2. The van der Waals surface area contributed by atoms with Crippen molar-refractivity contribution in [2.75, 3.05) is 11.9 Å². The Labute approximate surface area is 184 Å². The van der Waals surface area contributed by atoms with Crippen LogP contribution in [-0.4, -0.2) is 27.3 Å². The number of hydrogen-bond donors (Lipinski definition) is 0. The number of hydrogen-bond acceptors (Lipinski definition) is 3. The molecule has 6 nitrogen and oxygen atoms in total. The smallest absolute Gasteiger partial charge is 0.296 e. The average molecular weight is 422 g/mol. The maximum Gasteiger partial charge on any atom is 0.296 e. The molecule has 0 saturated carbocycles. The van der Waals surface area contributed by atoms with Crippen LogP contribution in [0.5, 0.6) is 0 Å². The van der Waals surface area contributed by atoms with Gasteiger partial charge in [0.05, 0.1) is 5.69 Å². The molecule has 0 radical (unpaired) electrons. The van der Waals surface area contributed by atoms with Crippen molar-refractivity contribution in [1.29, 1.82) is 0 Å². The first-order valence-corrected chi connectivity index (χ1v) is 10.4. The van der Waals surface area contributed by atoms with Gasteiger partial charge in [0.15, 0.2) is 5.69 Å². The second-order valence-electron chi connectivity index (χ2n) is 7.90. The van der Waals surface area contributed by atoms with Crippen LogP contribution >= 0.6 is 0 Å². The van der Waals surface area contributed by atoms with Crippen LogP contribution in [0.3, 0.4) is 0 Å². The Morgan fingerprint density at radius 2 is 1.56 bits per heavy atom. The maximum absolute atomic E-state index is 13.7. The summed E-state index contributed by atoms with van der Waals surface area (Å²) in [6.45, 7) is 1.98. The number of para-hydroxylation sites is 2. The molecule has 0 spiro atoms. The van der Waals surface area contributed by atoms with Gasteiger partial charge in [0, 0.05) is 36.1 Å². The van der Waals surface area contributed by atoms with Gasteiger partial charge >= 0.3 is 0 Å². The third-order valence-corrected chi connectivity index (χ3v) is 5.87. The molecule has 0 aliphatic rings. The SMILES string of the molecule is Cc1ccc(-n2nc(C(=O)N(C)c3ccccc3)c3c4ccccc4n(C)c3c2=O)cc1. The molecule has 0 aliphatic carbocycles. The number of nitrogens with zero attached hydrogens (tertiary/aromatic N) is 4. The van der Waals surface area contributed by atoms with E-state index in [1.54, 1.807) is 11.9 Å². The van der Waals surface area contributed by atoms with Gasteiger partial charge in [0.25, 0.3) is 11.5 Å². The number of amides is 1. The lowest BCUT2D eigenvalue weighted by molar-refractivity contribution is 0.0988. The summed E-state index contributed by atoms with van der Waals surface area (Å²) in [5.74, 6) is -0.279. The quantitative estimate of drug-likeness (QED) is 0.431. The number of carbonyl (C=O) groups is 1. The van der Waals surface area contributed by atoms with E-state index in [-0.39, 0.29) is 17.2 Å². The number of carbonyl (C=O) groups excluding carboxylic acids is 1. The van der Waals surface area contributed by atoms with Crippen LogP contribution in [0.2, 0.25) is 0 Å². The molecule has 0 N–H and O–H groups in total. The summed E-state index contributed by atoms with van der Waals surface area (Å²) in [6, 6.07) is 24.6. The van der Waals surface area contributed by atoms with Crippen molar-refractivity contribution in [3.63, 3.8) is 0 Å². The summed E-state index contributed by atoms with van der Waals surface area (Å²) in [7, 11) is 3.57. The molecule has 5 rings (SSSR count). The van der Waals surface area contributed by atoms with E-state index in [0.29, 0.717) is 16.6 Å². The largest absolute Gasteiger partial charge is 0.339 e. The third kappa shape index (κ3) is 3.00. The summed E-state index contributed by atoms with van der Waals surface area (Å²) in [6.07, 6.45) is 0. The lowest BCUT2D eigenvalue weighted by Crippen LogP contribution is -2.31. The van der Waals surface area contributed by atoms with E-state index in [0.717, 1.165) is 22.2 Å². The zero-order valence-electron chi connectivity index (χ0n) is 18.1. The van der Waals surface area contributed by atoms with Gasteiger partial charge in [-0.3, -0.25) is 9.59 Å². The predicted octanol–water partition coefficient (Wildman–Crippen LogP) is 4.46. The van der Waals surface area contributed by atoms with Gasteiger partial charge < -0.3 is 9.47 Å². The van der Waals surface area contributed by atoms with Crippen LogP contribution in [0.4, 0.5) is 5.69 Å². The Morgan fingerprint density at radius 3 is 2.28 bits per heavy atom. The number of rotatable bonds is 3. The molecule has 0 aliphatic heterocycles. The summed E-state index contributed by atoms with van der Waals surface area (Å²) in [5, 5.41) is 6.01. The van der Waals surface area contributed by atoms with E-state index in [9.17, 15) is 9.59 Å². The number of fused-ring (bicyclic) bond motifs is 3. The summed E-state index contributed by atoms with van der Waals surface area (Å²) in [5.41, 5.74) is 3.74. The second kappa shape index (κ2) is 7.50. The van der Waals surface area contributed by atoms with Crippen molar-refractivity contribution >= 4 is 33.4 Å². The van der Waals surface area contributed by atoms with E-state index < -0.39 is 0 Å². The van der Waals surface area contributed by atoms with Gasteiger partial charge in [0.2, 0.25) is 0 Å². The highest BCUT2D eigenvalue weighted by Crippen LogP contribution is 2.29. The average Bonchev–Trinajstić information content (AvgIpc) is 3.13. The van der Waals surface area contributed by atoms with Gasteiger partial charge in [0.1, 0.15) is 5.52 Å². The third-order valence-electron chi connectivity index (χ3n) is 5.87. The van der Waals surface area contributed by atoms with Crippen molar-refractivity contribution in [3.8, 4) is 5.69 Å². The number of aryl methyl sites for hydroxylation is 2. The molecule has 2 heterocycles. The molecule has 0 unspecified atom stereocenters. The monoisotopic (exact) mass is 422 g/mol. The zero-order valence-corrected chi connectivity index (χ0v) is 18.1. The summed E-state index contributed by atoms with van der Waals surface area (Å²) in [4.78, 5) is 28.8. The van der Waals surface area contributed by atoms with Gasteiger partial charge in [-0.25, -0.2) is 0 Å². The molecule has 1 amide bonds. The zero-order chi connectivity index (χ0) is 22.4. The van der Waals surface area contributed by atoms with Crippen LogP contribution in [0.25, 0.3) is 27.5 Å². The van der Waals surface area contributed by atoms with E-state index in [1.165, 1.54) is 4.68 Å². The fourth-order valence-corrected chi connectivity index (χ4v) is 4.12. The van der Waals surface area contributed by atoms with Crippen LogP contribution in [0.15, 0.2) is 83.7 Å². The normalized spacial score (nSPS) is 11.2. The molecule has 0 atom stereocenters. The fourth-order valence-electron chi connectivity index (χ4n) is 4.12. The number of anilines is 1. The first kappa shape index (κ1) is 19.8. The Hall–Kier alpha value is -4.19. The lowest BCUT2D eigenvalue weighted by Gasteiger charge is -2.18. The van der Waals surface area contributed by atoms with Crippen molar-refractivity contribution in [2.45, 2.75) is 6.92 Å². The molecule has 32 heavy (non-hydrogen) atoms. The minimum atomic E-state index is -0.279. The van der Waals surface area contributed by atoms with E-state index in [2.05, 4.69) is 5.10 Å². The highest BCUT2D eigenvalue weighted by Gasteiger charge is 2.25. The van der Waals surface area contributed by atoms with Gasteiger partial charge in [-0.1, -0.05) is 54.1 Å². The second-order valence-corrected chi connectivity index (χ2v) is 7.90. The molecular weight excluding hydrogens is 400 g/mol. The molecule has 158 valence electrons. The van der Waals surface area contributed by atoms with Crippen LogP contribution in [0.1, 0.15) is 16.1 Å². The number of aromatic nitrogens is 3. The molecule has 2 aromatic heterocycles. The van der Waals surface area contributed by atoms with Gasteiger partial charge in [-0.05, 0) is 37.3 Å². The minimum absolute atomic E-state index is 0.239. The fraction of sp³-hybridized carbons (Fsp3) is 0.115. The Balaban J connectivity index is 1.85. The molecule has 6 heteroatoms. The van der Waals surface area contributed by atoms with Crippen LogP contribution in [-0.2, 0) is 7.05 Å². The standard InChI is InChI=1S/C26H22N4O2/c1-17-13-15-19(16-14-17)30-26(32)24-22(20-11-7-8-12-21(20)29(24)3)23(27-30)25(31)28(2)18-9-5-4-6-10-18/h4-16H,1-3H3. The van der Waals surface area contributed by atoms with Crippen LogP contribution < -0.4 is 10.5 Å². The molecule has 3 aromatic carbocycles. The van der Waals surface area contributed by atoms with E-state index in [1.807, 2.05) is 97.4 Å². The topological polar surface area (TPSA) is 60.1 Å². The van der Waals surface area contributed by atoms with Crippen LogP contribution in [0, 0.1) is 6.92 Å². The lowest BCUT2D eigenvalue weighted by atomic mass is 10.1. The van der Waals surface area contributed by atoms with E-state index in [4.69, 9.17) is 0 Å². The van der Waals surface area contributed by atoms with Gasteiger partial charge in [-0.15, -0.1) is 0 Å². The predicted molar refractivity (Wildman–Crippen MR) is 128 cm³/mol. The molecule has 0 saturated heterocycles. The van der Waals surface area contributed by atoms with Gasteiger partial charge in [-0.2, -0.15) is 9.78 Å². The van der Waals surface area contributed by atoms with E-state index >= 15 is 0 Å². The van der Waals surface area contributed by atoms with Crippen molar-refractivity contribution in [3.05, 3.63) is 100 Å². The molecule has 0 fully saturated rings. The van der Waals surface area contributed by atoms with Crippen molar-refractivity contribution < 1.29 is 4.79 Å².